The van der Waals surface area contributed by atoms with Gasteiger partial charge in [-0.15, -0.1) is 0 Å². The second-order valence-corrected chi connectivity index (χ2v) is 6.84. The van der Waals surface area contributed by atoms with E-state index in [1.165, 1.54) is 33.5 Å². The molecule has 0 radical (unpaired) electrons. The Bertz CT molecular complexity index is 896. The van der Waals surface area contributed by atoms with Gasteiger partial charge in [-0.2, -0.15) is 0 Å². The summed E-state index contributed by atoms with van der Waals surface area (Å²) in [6.07, 6.45) is -0.978. The molecule has 3 N–H and O–H groups in total. The Labute approximate surface area is 168 Å². The summed E-state index contributed by atoms with van der Waals surface area (Å²) in [6.45, 7) is -0.476. The SMILES string of the molecule is COc1cc(CC2(O)C(=O)OC(c3ccc(OC)c(OC)c3)C2CO)ccc1O. The highest BCUT2D eigenvalue weighted by Crippen LogP contribution is 2.45. The number of carbonyl (C=O) groups is 1. The first kappa shape index (κ1) is 20.8. The summed E-state index contributed by atoms with van der Waals surface area (Å²) in [6, 6.07) is 9.52. The Morgan fingerprint density at radius 2 is 1.69 bits per heavy atom. The number of benzene rings is 2. The lowest BCUT2D eigenvalue weighted by atomic mass is 9.80. The molecule has 2 aromatic rings. The molecule has 3 rings (SSSR count). The summed E-state index contributed by atoms with van der Waals surface area (Å²) >= 11 is 0. The predicted octanol–water partition coefficient (Wildman–Crippen LogP) is 1.60. The number of ether oxygens (including phenoxy) is 4. The van der Waals surface area contributed by atoms with E-state index in [2.05, 4.69) is 0 Å². The monoisotopic (exact) mass is 404 g/mol. The number of aliphatic hydroxyl groups is 2. The van der Waals surface area contributed by atoms with Gasteiger partial charge >= 0.3 is 5.97 Å². The number of aliphatic hydroxyl groups excluding tert-OH is 1. The van der Waals surface area contributed by atoms with E-state index in [0.717, 1.165) is 0 Å². The summed E-state index contributed by atoms with van der Waals surface area (Å²) in [5.74, 6) is -0.631. The van der Waals surface area contributed by atoms with Crippen molar-refractivity contribution in [1.29, 1.82) is 0 Å². The van der Waals surface area contributed by atoms with Gasteiger partial charge in [0.25, 0.3) is 0 Å². The molecule has 8 nitrogen and oxygen atoms in total. The molecular formula is C21H24O8. The molecule has 8 heteroatoms. The van der Waals surface area contributed by atoms with Crippen molar-refractivity contribution in [3.05, 3.63) is 47.5 Å². The normalized spacial score (nSPS) is 23.6. The second-order valence-electron chi connectivity index (χ2n) is 6.84. The molecule has 1 fully saturated rings. The fraction of sp³-hybridized carbons (Fsp3) is 0.381. The number of hydrogen-bond acceptors (Lipinski definition) is 8. The molecule has 2 aromatic carbocycles. The zero-order chi connectivity index (χ0) is 21.2. The van der Waals surface area contributed by atoms with Crippen molar-refractivity contribution in [2.24, 2.45) is 5.92 Å². The molecule has 3 atom stereocenters. The molecule has 0 amide bonds. The lowest BCUT2D eigenvalue weighted by molar-refractivity contribution is -0.156. The van der Waals surface area contributed by atoms with Gasteiger partial charge in [0.15, 0.2) is 28.6 Å². The Balaban J connectivity index is 1.94. The number of esters is 1. The third kappa shape index (κ3) is 3.68. The van der Waals surface area contributed by atoms with Gasteiger partial charge in [-0.05, 0) is 35.4 Å². The second kappa shape index (κ2) is 8.18. The van der Waals surface area contributed by atoms with Crippen LogP contribution in [0.3, 0.4) is 0 Å². The minimum atomic E-state index is -1.95. The van der Waals surface area contributed by atoms with Crippen LogP contribution in [0.4, 0.5) is 0 Å². The van der Waals surface area contributed by atoms with E-state index in [1.807, 2.05) is 0 Å². The number of carbonyl (C=O) groups excluding carboxylic acids is 1. The van der Waals surface area contributed by atoms with Crippen LogP contribution in [0.25, 0.3) is 0 Å². The molecule has 29 heavy (non-hydrogen) atoms. The lowest BCUT2D eigenvalue weighted by Crippen LogP contribution is -2.45. The van der Waals surface area contributed by atoms with Crippen LogP contribution in [0.2, 0.25) is 0 Å². The van der Waals surface area contributed by atoms with Crippen LogP contribution in [0.1, 0.15) is 17.2 Å². The van der Waals surface area contributed by atoms with Gasteiger partial charge in [0.05, 0.1) is 33.9 Å². The lowest BCUT2D eigenvalue weighted by Gasteiger charge is -2.26. The van der Waals surface area contributed by atoms with Crippen molar-refractivity contribution in [1.82, 2.24) is 0 Å². The molecule has 1 aliphatic heterocycles. The molecule has 1 heterocycles. The molecule has 3 unspecified atom stereocenters. The number of rotatable bonds is 7. The van der Waals surface area contributed by atoms with Gasteiger partial charge < -0.3 is 34.3 Å². The predicted molar refractivity (Wildman–Crippen MR) is 102 cm³/mol. The molecular weight excluding hydrogens is 380 g/mol. The first-order valence-electron chi connectivity index (χ1n) is 9.00. The maximum Gasteiger partial charge on any atom is 0.339 e. The topological polar surface area (TPSA) is 115 Å². The largest absolute Gasteiger partial charge is 0.504 e. The standard InChI is InChI=1S/C21H24O8/c1-26-16-7-5-13(9-18(16)28-3)19-14(11-22)21(25,20(24)29-19)10-12-4-6-15(23)17(8-12)27-2/h4-9,14,19,22-23,25H,10-11H2,1-3H3. The molecule has 0 aromatic heterocycles. The zero-order valence-electron chi connectivity index (χ0n) is 16.4. The number of methoxy groups -OCH3 is 3. The van der Waals surface area contributed by atoms with Crippen LogP contribution >= 0.6 is 0 Å². The summed E-state index contributed by atoms with van der Waals surface area (Å²) < 4.78 is 21.0. The number of phenolic OH excluding ortho intramolecular Hbond substituents is 1. The highest BCUT2D eigenvalue weighted by molar-refractivity contribution is 5.83. The number of phenols is 1. The van der Waals surface area contributed by atoms with Crippen LogP contribution in [-0.4, -0.2) is 54.8 Å². The van der Waals surface area contributed by atoms with Crippen molar-refractivity contribution in [3.63, 3.8) is 0 Å². The fourth-order valence-corrected chi connectivity index (χ4v) is 3.62. The average Bonchev–Trinajstić information content (AvgIpc) is 2.98. The molecule has 0 bridgehead atoms. The van der Waals surface area contributed by atoms with Crippen molar-refractivity contribution >= 4 is 5.97 Å². The van der Waals surface area contributed by atoms with E-state index in [9.17, 15) is 20.1 Å². The van der Waals surface area contributed by atoms with Crippen LogP contribution in [-0.2, 0) is 16.0 Å². The minimum Gasteiger partial charge on any atom is -0.504 e. The van der Waals surface area contributed by atoms with Crippen molar-refractivity contribution in [3.8, 4) is 23.0 Å². The van der Waals surface area contributed by atoms with E-state index in [4.69, 9.17) is 18.9 Å². The first-order chi connectivity index (χ1) is 13.9. The Kier molecular flexibility index (Phi) is 5.86. The minimum absolute atomic E-state index is 0.0563. The first-order valence-corrected chi connectivity index (χ1v) is 9.00. The molecule has 0 saturated carbocycles. The van der Waals surface area contributed by atoms with E-state index < -0.39 is 30.2 Å². The van der Waals surface area contributed by atoms with Crippen molar-refractivity contribution < 1.29 is 39.1 Å². The van der Waals surface area contributed by atoms with Gasteiger partial charge in [0.2, 0.25) is 0 Å². The highest BCUT2D eigenvalue weighted by atomic mass is 16.6. The summed E-state index contributed by atoms with van der Waals surface area (Å²) in [5, 5.41) is 30.9. The third-order valence-electron chi connectivity index (χ3n) is 5.22. The van der Waals surface area contributed by atoms with Gasteiger partial charge in [-0.25, -0.2) is 4.79 Å². The Hall–Kier alpha value is -2.97. The summed E-state index contributed by atoms with van der Waals surface area (Å²) in [5.41, 5.74) is -0.839. The number of cyclic esters (lactones) is 1. The van der Waals surface area contributed by atoms with E-state index in [-0.39, 0.29) is 17.9 Å². The summed E-state index contributed by atoms with van der Waals surface area (Å²) in [7, 11) is 4.40. The smallest absolute Gasteiger partial charge is 0.339 e. The molecule has 1 saturated heterocycles. The Morgan fingerprint density at radius 3 is 2.31 bits per heavy atom. The maximum absolute atomic E-state index is 12.6. The maximum atomic E-state index is 12.6. The number of hydrogen-bond donors (Lipinski definition) is 3. The average molecular weight is 404 g/mol. The van der Waals surface area contributed by atoms with Crippen molar-refractivity contribution in [2.45, 2.75) is 18.1 Å². The number of aromatic hydroxyl groups is 1. The van der Waals surface area contributed by atoms with Gasteiger partial charge in [0.1, 0.15) is 6.10 Å². The van der Waals surface area contributed by atoms with Gasteiger partial charge in [0, 0.05) is 6.42 Å². The fourth-order valence-electron chi connectivity index (χ4n) is 3.62. The Morgan fingerprint density at radius 1 is 1.00 bits per heavy atom. The van der Waals surface area contributed by atoms with E-state index in [1.54, 1.807) is 24.3 Å². The molecule has 156 valence electrons. The van der Waals surface area contributed by atoms with Gasteiger partial charge in [-0.3, -0.25) is 0 Å². The van der Waals surface area contributed by atoms with Crippen LogP contribution in [0.5, 0.6) is 23.0 Å². The highest BCUT2D eigenvalue weighted by Gasteiger charge is 2.56. The van der Waals surface area contributed by atoms with E-state index >= 15 is 0 Å². The zero-order valence-corrected chi connectivity index (χ0v) is 16.4. The van der Waals surface area contributed by atoms with Crippen LogP contribution in [0, 0.1) is 5.92 Å². The molecule has 0 aliphatic carbocycles. The molecule has 1 aliphatic rings. The van der Waals surface area contributed by atoms with Gasteiger partial charge in [-0.1, -0.05) is 12.1 Å². The van der Waals surface area contributed by atoms with Crippen LogP contribution in [0.15, 0.2) is 36.4 Å². The molecule has 0 spiro atoms. The van der Waals surface area contributed by atoms with Crippen molar-refractivity contribution in [2.75, 3.05) is 27.9 Å². The summed E-state index contributed by atoms with van der Waals surface area (Å²) in [4.78, 5) is 12.6. The van der Waals surface area contributed by atoms with Crippen LogP contribution < -0.4 is 14.2 Å². The van der Waals surface area contributed by atoms with E-state index in [0.29, 0.717) is 22.6 Å². The third-order valence-corrected chi connectivity index (χ3v) is 5.22. The quantitative estimate of drug-likeness (QED) is 0.596.